The van der Waals surface area contributed by atoms with Gasteiger partial charge in [0.2, 0.25) is 0 Å². The van der Waals surface area contributed by atoms with Crippen LogP contribution < -0.4 is 5.32 Å². The molecule has 100 valence electrons. The van der Waals surface area contributed by atoms with E-state index in [0.717, 1.165) is 44.2 Å². The van der Waals surface area contributed by atoms with E-state index in [0.29, 0.717) is 0 Å². The van der Waals surface area contributed by atoms with Crippen molar-refractivity contribution in [2.75, 3.05) is 26.2 Å². The smallest absolute Gasteiger partial charge is 0.123 e. The summed E-state index contributed by atoms with van der Waals surface area (Å²) in [5, 5.41) is 3.42. The molecule has 1 aromatic rings. The molecule has 1 N–H and O–H groups in total. The Bertz CT molecular complexity index is 367. The molecule has 0 aromatic heterocycles. The van der Waals surface area contributed by atoms with Gasteiger partial charge in [-0.05, 0) is 56.1 Å². The first-order valence-electron chi connectivity index (χ1n) is 6.95. The van der Waals surface area contributed by atoms with Crippen molar-refractivity contribution in [1.29, 1.82) is 0 Å². The molecule has 0 amide bonds. The Balaban J connectivity index is 1.85. The summed E-state index contributed by atoms with van der Waals surface area (Å²) in [7, 11) is 0. The Kier molecular flexibility index (Phi) is 5.14. The first-order chi connectivity index (χ1) is 8.78. The normalized spacial score (nSPS) is 21.1. The molecule has 1 aliphatic rings. The fraction of sp³-hybridized carbons (Fsp3) is 0.600. The molecule has 1 atom stereocenters. The molecule has 1 saturated heterocycles. The van der Waals surface area contributed by atoms with Crippen molar-refractivity contribution in [2.45, 2.75) is 26.3 Å². The predicted molar refractivity (Wildman–Crippen MR) is 72.9 cm³/mol. The number of hydrogen-bond acceptors (Lipinski definition) is 2. The molecule has 0 aliphatic carbocycles. The van der Waals surface area contributed by atoms with Crippen molar-refractivity contribution >= 4 is 0 Å². The van der Waals surface area contributed by atoms with Crippen LogP contribution in [0, 0.1) is 11.7 Å². The molecule has 1 aromatic carbocycles. The van der Waals surface area contributed by atoms with Crippen molar-refractivity contribution in [3.63, 3.8) is 0 Å². The van der Waals surface area contributed by atoms with Gasteiger partial charge in [0.1, 0.15) is 5.82 Å². The lowest BCUT2D eigenvalue weighted by Gasteiger charge is -2.32. The van der Waals surface area contributed by atoms with Crippen LogP contribution in [0.1, 0.15) is 25.3 Å². The highest BCUT2D eigenvalue weighted by atomic mass is 19.1. The zero-order valence-electron chi connectivity index (χ0n) is 11.2. The van der Waals surface area contributed by atoms with Crippen LogP contribution in [0.15, 0.2) is 24.3 Å². The van der Waals surface area contributed by atoms with E-state index >= 15 is 0 Å². The second-order valence-corrected chi connectivity index (χ2v) is 5.18. The second kappa shape index (κ2) is 6.86. The Morgan fingerprint density at radius 3 is 3.11 bits per heavy atom. The Morgan fingerprint density at radius 2 is 2.33 bits per heavy atom. The zero-order valence-corrected chi connectivity index (χ0v) is 11.2. The summed E-state index contributed by atoms with van der Waals surface area (Å²) < 4.78 is 13.1. The maximum atomic E-state index is 13.1. The average molecular weight is 250 g/mol. The Morgan fingerprint density at radius 1 is 1.44 bits per heavy atom. The monoisotopic (exact) mass is 250 g/mol. The molecule has 0 radical (unpaired) electrons. The molecule has 18 heavy (non-hydrogen) atoms. The van der Waals surface area contributed by atoms with E-state index in [9.17, 15) is 4.39 Å². The fourth-order valence-electron chi connectivity index (χ4n) is 2.70. The highest BCUT2D eigenvalue weighted by Crippen LogP contribution is 2.18. The average Bonchev–Trinajstić information content (AvgIpc) is 2.37. The third-order valence-corrected chi connectivity index (χ3v) is 3.58. The van der Waals surface area contributed by atoms with Crippen LogP contribution in [0.5, 0.6) is 0 Å². The van der Waals surface area contributed by atoms with Gasteiger partial charge in [0.15, 0.2) is 0 Å². The number of hydrogen-bond donors (Lipinski definition) is 1. The van der Waals surface area contributed by atoms with Gasteiger partial charge in [0.05, 0.1) is 0 Å². The summed E-state index contributed by atoms with van der Waals surface area (Å²) in [6.07, 6.45) is 2.57. The Hall–Kier alpha value is -0.930. The van der Waals surface area contributed by atoms with Crippen LogP contribution in [0.3, 0.4) is 0 Å². The van der Waals surface area contributed by atoms with Crippen molar-refractivity contribution in [3.05, 3.63) is 35.6 Å². The van der Waals surface area contributed by atoms with Gasteiger partial charge in [0, 0.05) is 13.1 Å². The van der Waals surface area contributed by atoms with Crippen LogP contribution in [-0.2, 0) is 6.54 Å². The summed E-state index contributed by atoms with van der Waals surface area (Å²) >= 11 is 0. The molecule has 3 heteroatoms. The third kappa shape index (κ3) is 4.07. The second-order valence-electron chi connectivity index (χ2n) is 5.18. The van der Waals surface area contributed by atoms with E-state index in [1.807, 2.05) is 6.07 Å². The molecule has 1 unspecified atom stereocenters. The standard InChI is InChI=1S/C15H23FN2/c1-2-17-10-14-6-4-8-18(12-14)11-13-5-3-7-15(16)9-13/h3,5,7,9,14,17H,2,4,6,8,10-12H2,1H3. The predicted octanol–water partition coefficient (Wildman–Crippen LogP) is 2.65. The topological polar surface area (TPSA) is 15.3 Å². The van der Waals surface area contributed by atoms with Gasteiger partial charge in [-0.2, -0.15) is 0 Å². The van der Waals surface area contributed by atoms with Crippen molar-refractivity contribution < 1.29 is 4.39 Å². The minimum Gasteiger partial charge on any atom is -0.317 e. The molecule has 2 rings (SSSR count). The van der Waals surface area contributed by atoms with E-state index < -0.39 is 0 Å². The molecule has 2 nitrogen and oxygen atoms in total. The maximum absolute atomic E-state index is 13.1. The van der Waals surface area contributed by atoms with Crippen molar-refractivity contribution in [2.24, 2.45) is 5.92 Å². The maximum Gasteiger partial charge on any atom is 0.123 e. The van der Waals surface area contributed by atoms with Gasteiger partial charge in [-0.15, -0.1) is 0 Å². The van der Waals surface area contributed by atoms with Gasteiger partial charge < -0.3 is 5.32 Å². The molecule has 1 aliphatic heterocycles. The van der Waals surface area contributed by atoms with Gasteiger partial charge in [-0.3, -0.25) is 4.90 Å². The highest BCUT2D eigenvalue weighted by Gasteiger charge is 2.19. The van der Waals surface area contributed by atoms with Crippen molar-refractivity contribution in [1.82, 2.24) is 10.2 Å². The number of likely N-dealkylation sites (tertiary alicyclic amines) is 1. The quantitative estimate of drug-likeness (QED) is 0.864. The van der Waals surface area contributed by atoms with Crippen molar-refractivity contribution in [3.8, 4) is 0 Å². The molecule has 1 heterocycles. The molecule has 0 saturated carbocycles. The van der Waals surface area contributed by atoms with E-state index in [2.05, 4.69) is 17.1 Å². The Labute approximate surface area is 109 Å². The first-order valence-corrected chi connectivity index (χ1v) is 6.95. The zero-order chi connectivity index (χ0) is 12.8. The number of benzene rings is 1. The van der Waals surface area contributed by atoms with Gasteiger partial charge >= 0.3 is 0 Å². The molecule has 1 fully saturated rings. The number of halogens is 1. The lowest BCUT2D eigenvalue weighted by Crippen LogP contribution is -2.39. The van der Waals surface area contributed by atoms with Gasteiger partial charge in [-0.1, -0.05) is 19.1 Å². The van der Waals surface area contributed by atoms with E-state index in [1.165, 1.54) is 18.9 Å². The number of piperidine rings is 1. The summed E-state index contributed by atoms with van der Waals surface area (Å²) in [5.41, 5.74) is 1.08. The SMILES string of the molecule is CCNCC1CCCN(Cc2cccc(F)c2)C1. The third-order valence-electron chi connectivity index (χ3n) is 3.58. The van der Waals surface area contributed by atoms with E-state index in [1.54, 1.807) is 12.1 Å². The minimum atomic E-state index is -0.131. The molecular formula is C15H23FN2. The highest BCUT2D eigenvalue weighted by molar-refractivity contribution is 5.16. The van der Waals surface area contributed by atoms with E-state index in [4.69, 9.17) is 0 Å². The van der Waals surface area contributed by atoms with Crippen LogP contribution >= 0.6 is 0 Å². The van der Waals surface area contributed by atoms with Crippen LogP contribution in [0.4, 0.5) is 4.39 Å². The molecular weight excluding hydrogens is 227 g/mol. The van der Waals surface area contributed by atoms with Gasteiger partial charge in [0.25, 0.3) is 0 Å². The lowest BCUT2D eigenvalue weighted by molar-refractivity contribution is 0.165. The minimum absolute atomic E-state index is 0.131. The van der Waals surface area contributed by atoms with Gasteiger partial charge in [-0.25, -0.2) is 4.39 Å². The number of nitrogens with zero attached hydrogens (tertiary/aromatic N) is 1. The first kappa shape index (κ1) is 13.5. The molecule has 0 bridgehead atoms. The van der Waals surface area contributed by atoms with E-state index in [-0.39, 0.29) is 5.82 Å². The lowest BCUT2D eigenvalue weighted by atomic mass is 9.97. The van der Waals surface area contributed by atoms with Crippen LogP contribution in [0.2, 0.25) is 0 Å². The van der Waals surface area contributed by atoms with Crippen LogP contribution in [0.25, 0.3) is 0 Å². The number of nitrogens with one attached hydrogen (secondary N) is 1. The largest absolute Gasteiger partial charge is 0.317 e. The summed E-state index contributed by atoms with van der Waals surface area (Å²) in [5.74, 6) is 0.612. The summed E-state index contributed by atoms with van der Waals surface area (Å²) in [6.45, 7) is 7.44. The van der Waals surface area contributed by atoms with Crippen LogP contribution in [-0.4, -0.2) is 31.1 Å². The summed E-state index contributed by atoms with van der Waals surface area (Å²) in [6, 6.07) is 6.96. The number of rotatable bonds is 5. The molecule has 0 spiro atoms. The fourth-order valence-corrected chi connectivity index (χ4v) is 2.70. The summed E-state index contributed by atoms with van der Waals surface area (Å²) in [4.78, 5) is 2.44.